The molecule has 2 aromatic rings. The summed E-state index contributed by atoms with van der Waals surface area (Å²) >= 11 is 11.7. The highest BCUT2D eigenvalue weighted by atomic mass is 35.5. The van der Waals surface area contributed by atoms with Gasteiger partial charge >= 0.3 is 0 Å². The normalized spacial score (nSPS) is 11.7. The molecule has 0 spiro atoms. The number of halogens is 2. The third kappa shape index (κ3) is 3.38. The van der Waals surface area contributed by atoms with E-state index >= 15 is 0 Å². The number of benzene rings is 1. The van der Waals surface area contributed by atoms with E-state index in [0.29, 0.717) is 6.54 Å². The molecule has 0 aliphatic carbocycles. The van der Waals surface area contributed by atoms with Crippen LogP contribution in [0.1, 0.15) is 26.3 Å². The molecule has 0 atom stereocenters. The van der Waals surface area contributed by atoms with Crippen LogP contribution in [0.3, 0.4) is 0 Å². The van der Waals surface area contributed by atoms with E-state index in [9.17, 15) is 5.11 Å². The third-order valence-electron chi connectivity index (χ3n) is 2.84. The number of phenolic OH excluding ortho intramolecular Hbond substituents is 1. The van der Waals surface area contributed by atoms with Gasteiger partial charge in [0.2, 0.25) is 0 Å². The van der Waals surface area contributed by atoms with Gasteiger partial charge in [-0.25, -0.2) is 0 Å². The Hall–Kier alpha value is -1.39. The number of rotatable bonds is 3. The number of nitrogens with zero attached hydrogens (tertiary/aromatic N) is 2. The largest absolute Gasteiger partial charge is 0.505 e. The van der Waals surface area contributed by atoms with Gasteiger partial charge in [0.1, 0.15) is 0 Å². The summed E-state index contributed by atoms with van der Waals surface area (Å²) in [5, 5.41) is 17.5. The van der Waals surface area contributed by atoms with Crippen LogP contribution >= 0.6 is 23.2 Å². The number of hydrogen-bond donors (Lipinski definition) is 2. The van der Waals surface area contributed by atoms with E-state index in [1.54, 1.807) is 12.1 Å². The van der Waals surface area contributed by atoms with Crippen molar-refractivity contribution in [2.45, 2.75) is 32.9 Å². The summed E-state index contributed by atoms with van der Waals surface area (Å²) in [7, 11) is 0. The quantitative estimate of drug-likeness (QED) is 0.832. The van der Waals surface area contributed by atoms with Crippen molar-refractivity contribution in [2.75, 3.05) is 5.32 Å². The standard InChI is InChI=1S/C14H17Cl2N3O/c1-14(2,3)19-8-9(7-18-19)6-17-10-4-11(15)13(20)12(16)5-10/h4-5,7-8,17,20H,6H2,1-3H3. The molecule has 0 amide bonds. The maximum atomic E-state index is 9.50. The van der Waals surface area contributed by atoms with Gasteiger partial charge in [-0.3, -0.25) is 4.68 Å². The lowest BCUT2D eigenvalue weighted by Crippen LogP contribution is -2.21. The van der Waals surface area contributed by atoms with Crippen molar-refractivity contribution < 1.29 is 5.11 Å². The van der Waals surface area contributed by atoms with Crippen molar-refractivity contribution in [3.05, 3.63) is 40.1 Å². The number of phenols is 1. The molecule has 0 fully saturated rings. The van der Waals surface area contributed by atoms with Gasteiger partial charge in [0.25, 0.3) is 0 Å². The van der Waals surface area contributed by atoms with Gasteiger partial charge in [-0.1, -0.05) is 23.2 Å². The Morgan fingerprint density at radius 2 is 1.85 bits per heavy atom. The number of aromatic nitrogens is 2. The summed E-state index contributed by atoms with van der Waals surface area (Å²) < 4.78 is 1.92. The van der Waals surface area contributed by atoms with Crippen LogP contribution in [0.5, 0.6) is 5.75 Å². The molecule has 2 N–H and O–H groups in total. The summed E-state index contributed by atoms with van der Waals surface area (Å²) in [6.45, 7) is 6.89. The molecule has 1 aromatic carbocycles. The minimum atomic E-state index is -0.0977. The lowest BCUT2D eigenvalue weighted by atomic mass is 10.1. The van der Waals surface area contributed by atoms with Crippen LogP contribution in [0.15, 0.2) is 24.5 Å². The first-order valence-corrected chi connectivity index (χ1v) is 6.99. The first-order valence-electron chi connectivity index (χ1n) is 6.23. The second kappa shape index (κ2) is 5.54. The molecule has 0 saturated carbocycles. The first kappa shape index (κ1) is 15.0. The van der Waals surface area contributed by atoms with E-state index in [1.807, 2.05) is 17.1 Å². The maximum Gasteiger partial charge on any atom is 0.152 e. The molecule has 0 aliphatic rings. The van der Waals surface area contributed by atoms with Crippen molar-refractivity contribution in [3.63, 3.8) is 0 Å². The predicted octanol–water partition coefficient (Wildman–Crippen LogP) is 4.26. The van der Waals surface area contributed by atoms with Gasteiger partial charge in [-0.05, 0) is 32.9 Å². The summed E-state index contributed by atoms with van der Waals surface area (Å²) in [4.78, 5) is 0. The molecule has 6 heteroatoms. The molecule has 1 heterocycles. The van der Waals surface area contributed by atoms with Crippen molar-refractivity contribution in [1.82, 2.24) is 9.78 Å². The van der Waals surface area contributed by atoms with Crippen LogP contribution in [0.2, 0.25) is 10.0 Å². The Bertz CT molecular complexity index is 594. The van der Waals surface area contributed by atoms with E-state index in [1.165, 1.54) is 0 Å². The van der Waals surface area contributed by atoms with Crippen LogP contribution < -0.4 is 5.32 Å². The molecule has 4 nitrogen and oxygen atoms in total. The van der Waals surface area contributed by atoms with Crippen molar-refractivity contribution in [2.24, 2.45) is 0 Å². The lowest BCUT2D eigenvalue weighted by Gasteiger charge is -2.18. The van der Waals surface area contributed by atoms with Crippen LogP contribution in [-0.2, 0) is 12.1 Å². The zero-order valence-corrected chi connectivity index (χ0v) is 13.1. The van der Waals surface area contributed by atoms with Crippen molar-refractivity contribution in [1.29, 1.82) is 0 Å². The fraction of sp³-hybridized carbons (Fsp3) is 0.357. The molecule has 1 aromatic heterocycles. The van der Waals surface area contributed by atoms with Gasteiger partial charge in [0, 0.05) is 24.0 Å². The minimum Gasteiger partial charge on any atom is -0.505 e. The molecule has 0 unspecified atom stereocenters. The fourth-order valence-corrected chi connectivity index (χ4v) is 2.18. The maximum absolute atomic E-state index is 9.50. The summed E-state index contributed by atoms with van der Waals surface area (Å²) in [6.07, 6.45) is 3.82. The highest BCUT2D eigenvalue weighted by molar-refractivity contribution is 6.37. The second-order valence-corrected chi connectivity index (χ2v) is 6.42. The SMILES string of the molecule is CC(C)(C)n1cc(CNc2cc(Cl)c(O)c(Cl)c2)cn1. The van der Waals surface area contributed by atoms with Gasteiger partial charge < -0.3 is 10.4 Å². The zero-order valence-electron chi connectivity index (χ0n) is 11.6. The number of anilines is 1. The Labute approximate surface area is 128 Å². The lowest BCUT2D eigenvalue weighted by molar-refractivity contribution is 0.355. The minimum absolute atomic E-state index is 0.0383. The van der Waals surface area contributed by atoms with E-state index in [2.05, 4.69) is 31.2 Å². The number of aromatic hydroxyl groups is 1. The zero-order chi connectivity index (χ0) is 14.9. The summed E-state index contributed by atoms with van der Waals surface area (Å²) in [6, 6.07) is 3.27. The topological polar surface area (TPSA) is 50.1 Å². The Morgan fingerprint density at radius 3 is 2.35 bits per heavy atom. The molecular formula is C14H17Cl2N3O. The van der Waals surface area contributed by atoms with Crippen LogP contribution in [0.4, 0.5) is 5.69 Å². The van der Waals surface area contributed by atoms with E-state index < -0.39 is 0 Å². The molecule has 0 aliphatic heterocycles. The van der Waals surface area contributed by atoms with Crippen LogP contribution in [0, 0.1) is 0 Å². The second-order valence-electron chi connectivity index (χ2n) is 5.61. The van der Waals surface area contributed by atoms with Gasteiger partial charge in [0.15, 0.2) is 5.75 Å². The molecular weight excluding hydrogens is 297 g/mol. The molecule has 0 radical (unpaired) electrons. The van der Waals surface area contributed by atoms with Gasteiger partial charge in [0.05, 0.1) is 21.8 Å². The van der Waals surface area contributed by atoms with Crippen molar-refractivity contribution >= 4 is 28.9 Å². The van der Waals surface area contributed by atoms with Gasteiger partial charge in [-0.15, -0.1) is 0 Å². The number of hydrogen-bond acceptors (Lipinski definition) is 3. The average Bonchev–Trinajstić information content (AvgIpc) is 2.82. The highest BCUT2D eigenvalue weighted by Gasteiger charge is 2.14. The monoisotopic (exact) mass is 313 g/mol. The highest BCUT2D eigenvalue weighted by Crippen LogP contribution is 2.34. The Morgan fingerprint density at radius 1 is 1.25 bits per heavy atom. The summed E-state index contributed by atoms with van der Waals surface area (Å²) in [5.41, 5.74) is 1.77. The van der Waals surface area contributed by atoms with Gasteiger partial charge in [-0.2, -0.15) is 5.10 Å². The predicted molar refractivity (Wildman–Crippen MR) is 82.7 cm³/mol. The summed E-state index contributed by atoms with van der Waals surface area (Å²) in [5.74, 6) is -0.0977. The Kier molecular flexibility index (Phi) is 4.16. The molecule has 0 bridgehead atoms. The van der Waals surface area contributed by atoms with E-state index in [0.717, 1.165) is 11.3 Å². The van der Waals surface area contributed by atoms with E-state index in [4.69, 9.17) is 23.2 Å². The molecule has 20 heavy (non-hydrogen) atoms. The molecule has 2 rings (SSSR count). The third-order valence-corrected chi connectivity index (χ3v) is 3.41. The fourth-order valence-electron chi connectivity index (χ4n) is 1.69. The smallest absolute Gasteiger partial charge is 0.152 e. The van der Waals surface area contributed by atoms with Crippen molar-refractivity contribution in [3.8, 4) is 5.75 Å². The number of nitrogens with one attached hydrogen (secondary N) is 1. The van der Waals surface area contributed by atoms with E-state index in [-0.39, 0.29) is 21.3 Å². The first-order chi connectivity index (χ1) is 9.27. The average molecular weight is 314 g/mol. The van der Waals surface area contributed by atoms with Crippen LogP contribution in [0.25, 0.3) is 0 Å². The molecule has 108 valence electrons. The molecule has 0 saturated heterocycles. The van der Waals surface area contributed by atoms with Crippen LogP contribution in [-0.4, -0.2) is 14.9 Å². The Balaban J connectivity index is 2.08.